The van der Waals surface area contributed by atoms with Crippen LogP contribution < -0.4 is 14.4 Å². The van der Waals surface area contributed by atoms with Crippen molar-refractivity contribution in [3.8, 4) is 5.75 Å². The maximum absolute atomic E-state index is 12.3. The summed E-state index contributed by atoms with van der Waals surface area (Å²) >= 11 is 5.81. The summed E-state index contributed by atoms with van der Waals surface area (Å²) in [4.78, 5) is 2.07. The fourth-order valence-corrected chi connectivity index (χ4v) is 3.75. The fraction of sp³-hybridized carbons (Fsp3) is 0.250. The van der Waals surface area contributed by atoms with E-state index in [1.165, 1.54) is 0 Å². The van der Waals surface area contributed by atoms with E-state index in [9.17, 15) is 8.42 Å². The molecule has 0 saturated heterocycles. The highest BCUT2D eigenvalue weighted by Gasteiger charge is 2.17. The first-order valence-electron chi connectivity index (χ1n) is 7.16. The lowest BCUT2D eigenvalue weighted by molar-refractivity contribution is 0.311. The molecule has 5 nitrogen and oxygen atoms in total. The van der Waals surface area contributed by atoms with E-state index >= 15 is 0 Å². The second-order valence-corrected chi connectivity index (χ2v) is 7.60. The molecule has 1 aliphatic heterocycles. The van der Waals surface area contributed by atoms with Gasteiger partial charge in [-0.2, -0.15) is 0 Å². The molecule has 1 aliphatic rings. The smallest absolute Gasteiger partial charge is 0.236 e. The van der Waals surface area contributed by atoms with Crippen LogP contribution in [-0.2, 0) is 15.8 Å². The van der Waals surface area contributed by atoms with Gasteiger partial charge in [0.15, 0.2) is 0 Å². The second-order valence-electron chi connectivity index (χ2n) is 5.44. The molecule has 0 unspecified atom stereocenters. The third-order valence-electron chi connectivity index (χ3n) is 3.60. The van der Waals surface area contributed by atoms with Gasteiger partial charge in [-0.05, 0) is 29.8 Å². The number of likely N-dealkylation sites (N-methyl/N-ethyl adjacent to an activating group) is 1. The molecule has 0 aliphatic carbocycles. The van der Waals surface area contributed by atoms with Crippen LogP contribution in [0, 0.1) is 0 Å². The molecular weight excluding hydrogens is 336 g/mol. The number of sulfonamides is 1. The summed E-state index contributed by atoms with van der Waals surface area (Å²) < 4.78 is 32.8. The lowest BCUT2D eigenvalue weighted by Gasteiger charge is -2.28. The summed E-state index contributed by atoms with van der Waals surface area (Å²) in [5.74, 6) is 0.576. The van der Waals surface area contributed by atoms with Gasteiger partial charge in [0.05, 0.1) is 23.7 Å². The lowest BCUT2D eigenvalue weighted by atomic mass is 10.2. The molecule has 122 valence electrons. The summed E-state index contributed by atoms with van der Waals surface area (Å²) in [7, 11) is -1.52. The number of fused-ring (bicyclic) bond motifs is 1. The van der Waals surface area contributed by atoms with Crippen LogP contribution in [0.2, 0.25) is 5.02 Å². The maximum Gasteiger partial charge on any atom is 0.236 e. The quantitative estimate of drug-likeness (QED) is 0.918. The highest BCUT2D eigenvalue weighted by molar-refractivity contribution is 7.91. The van der Waals surface area contributed by atoms with E-state index < -0.39 is 10.0 Å². The zero-order valence-electron chi connectivity index (χ0n) is 12.6. The average molecular weight is 353 g/mol. The molecule has 0 aromatic heterocycles. The predicted octanol–water partition coefficient (Wildman–Crippen LogP) is 3.11. The summed E-state index contributed by atoms with van der Waals surface area (Å²) in [6, 6.07) is 12.1. The molecule has 0 saturated carbocycles. The van der Waals surface area contributed by atoms with Gasteiger partial charge in [-0.3, -0.25) is 4.72 Å². The number of halogens is 1. The SMILES string of the molecule is CN1CCOc2cc(NS(=O)(=O)Cc3ccc(Cl)cc3)ccc21. The van der Waals surface area contributed by atoms with Crippen molar-refractivity contribution >= 4 is 33.0 Å². The Labute approximate surface area is 140 Å². The lowest BCUT2D eigenvalue weighted by Crippen LogP contribution is -2.28. The van der Waals surface area contributed by atoms with E-state index in [2.05, 4.69) is 9.62 Å². The molecule has 0 bridgehead atoms. The van der Waals surface area contributed by atoms with Crippen molar-refractivity contribution in [3.05, 3.63) is 53.1 Å². The van der Waals surface area contributed by atoms with Crippen molar-refractivity contribution < 1.29 is 13.2 Å². The Kier molecular flexibility index (Phi) is 4.37. The number of ether oxygens (including phenoxy) is 1. The van der Waals surface area contributed by atoms with Gasteiger partial charge in [-0.25, -0.2) is 8.42 Å². The van der Waals surface area contributed by atoms with E-state index in [0.29, 0.717) is 28.6 Å². The van der Waals surface area contributed by atoms with Gasteiger partial charge in [0.1, 0.15) is 12.4 Å². The number of nitrogens with one attached hydrogen (secondary N) is 1. The Hall–Kier alpha value is -1.92. The van der Waals surface area contributed by atoms with Crippen LogP contribution in [0.4, 0.5) is 11.4 Å². The van der Waals surface area contributed by atoms with E-state index in [0.717, 1.165) is 12.2 Å². The first-order chi connectivity index (χ1) is 10.9. The van der Waals surface area contributed by atoms with E-state index in [-0.39, 0.29) is 5.75 Å². The largest absolute Gasteiger partial charge is 0.489 e. The van der Waals surface area contributed by atoms with Gasteiger partial charge < -0.3 is 9.64 Å². The number of rotatable bonds is 4. The van der Waals surface area contributed by atoms with Crippen LogP contribution in [0.5, 0.6) is 5.75 Å². The van der Waals surface area contributed by atoms with Crippen molar-refractivity contribution in [1.82, 2.24) is 0 Å². The minimum absolute atomic E-state index is 0.109. The van der Waals surface area contributed by atoms with Crippen molar-refractivity contribution in [1.29, 1.82) is 0 Å². The maximum atomic E-state index is 12.3. The van der Waals surface area contributed by atoms with Crippen LogP contribution in [-0.4, -0.2) is 28.6 Å². The van der Waals surface area contributed by atoms with Crippen LogP contribution in [0.25, 0.3) is 0 Å². The van der Waals surface area contributed by atoms with Crippen LogP contribution in [0.3, 0.4) is 0 Å². The monoisotopic (exact) mass is 352 g/mol. The first-order valence-corrected chi connectivity index (χ1v) is 9.19. The van der Waals surface area contributed by atoms with Gasteiger partial charge in [-0.1, -0.05) is 23.7 Å². The molecule has 0 atom stereocenters. The predicted molar refractivity (Wildman–Crippen MR) is 92.9 cm³/mol. The highest BCUT2D eigenvalue weighted by Crippen LogP contribution is 2.33. The van der Waals surface area contributed by atoms with Gasteiger partial charge in [0, 0.05) is 18.1 Å². The van der Waals surface area contributed by atoms with E-state index in [1.54, 1.807) is 36.4 Å². The van der Waals surface area contributed by atoms with Crippen molar-refractivity contribution in [2.75, 3.05) is 29.8 Å². The van der Waals surface area contributed by atoms with Crippen LogP contribution in [0.1, 0.15) is 5.56 Å². The van der Waals surface area contributed by atoms with Crippen molar-refractivity contribution in [2.24, 2.45) is 0 Å². The average Bonchev–Trinajstić information content (AvgIpc) is 2.49. The number of benzene rings is 2. The normalized spacial score (nSPS) is 14.1. The van der Waals surface area contributed by atoms with Gasteiger partial charge in [0.25, 0.3) is 0 Å². The fourth-order valence-electron chi connectivity index (χ4n) is 2.44. The number of nitrogens with zero attached hydrogens (tertiary/aromatic N) is 1. The summed E-state index contributed by atoms with van der Waals surface area (Å²) in [6.07, 6.45) is 0. The van der Waals surface area contributed by atoms with E-state index in [4.69, 9.17) is 16.3 Å². The van der Waals surface area contributed by atoms with Gasteiger partial charge in [0.2, 0.25) is 10.0 Å². The third-order valence-corrected chi connectivity index (χ3v) is 5.11. The Bertz CT molecular complexity index is 807. The Morgan fingerprint density at radius 2 is 1.96 bits per heavy atom. The van der Waals surface area contributed by atoms with Crippen LogP contribution >= 0.6 is 11.6 Å². The number of hydrogen-bond donors (Lipinski definition) is 1. The first kappa shape index (κ1) is 16.0. The number of hydrogen-bond acceptors (Lipinski definition) is 4. The molecule has 7 heteroatoms. The highest BCUT2D eigenvalue weighted by atomic mass is 35.5. The molecule has 2 aromatic carbocycles. The molecule has 0 radical (unpaired) electrons. The molecule has 0 spiro atoms. The summed E-state index contributed by atoms with van der Waals surface area (Å²) in [5.41, 5.74) is 2.13. The molecule has 0 amide bonds. The molecule has 2 aromatic rings. The minimum atomic E-state index is -3.50. The molecule has 0 fully saturated rings. The zero-order chi connectivity index (χ0) is 16.4. The molecule has 1 heterocycles. The third kappa shape index (κ3) is 3.89. The van der Waals surface area contributed by atoms with Gasteiger partial charge >= 0.3 is 0 Å². The Morgan fingerprint density at radius 1 is 1.22 bits per heavy atom. The second kappa shape index (κ2) is 6.29. The molecule has 1 N–H and O–H groups in total. The zero-order valence-corrected chi connectivity index (χ0v) is 14.2. The van der Waals surface area contributed by atoms with Gasteiger partial charge in [-0.15, -0.1) is 0 Å². The van der Waals surface area contributed by atoms with E-state index in [1.807, 2.05) is 13.1 Å². The Morgan fingerprint density at radius 3 is 2.70 bits per heavy atom. The summed E-state index contributed by atoms with van der Waals surface area (Å²) in [5, 5.41) is 0.579. The minimum Gasteiger partial charge on any atom is -0.489 e. The standard InChI is InChI=1S/C16H17ClN2O3S/c1-19-8-9-22-16-10-14(6-7-15(16)19)18-23(20,21)11-12-2-4-13(17)5-3-12/h2-7,10,18H,8-9,11H2,1H3. The Balaban J connectivity index is 1.76. The summed E-state index contributed by atoms with van der Waals surface area (Å²) in [6.45, 7) is 1.40. The van der Waals surface area contributed by atoms with Crippen LogP contribution in [0.15, 0.2) is 42.5 Å². The number of anilines is 2. The molecule has 3 rings (SSSR count). The molecular formula is C16H17ClN2O3S. The van der Waals surface area contributed by atoms with Crippen molar-refractivity contribution in [2.45, 2.75) is 5.75 Å². The van der Waals surface area contributed by atoms with Crippen molar-refractivity contribution in [3.63, 3.8) is 0 Å². The topological polar surface area (TPSA) is 58.6 Å². The molecule has 23 heavy (non-hydrogen) atoms.